The Bertz CT molecular complexity index is 1330. The van der Waals surface area contributed by atoms with Crippen LogP contribution in [0.4, 0.5) is 18.9 Å². The largest absolute Gasteiger partial charge is 0.434 e. The monoisotopic (exact) mass is 527 g/mol. The summed E-state index contributed by atoms with van der Waals surface area (Å²) in [5.41, 5.74) is 7.58. The lowest BCUT2D eigenvalue weighted by Gasteiger charge is -2.40. The number of carbonyl (C=O) groups is 1. The highest BCUT2D eigenvalue weighted by atomic mass is 19.3. The van der Waals surface area contributed by atoms with E-state index in [1.807, 2.05) is 0 Å². The van der Waals surface area contributed by atoms with Gasteiger partial charge in [0.1, 0.15) is 23.0 Å². The molecule has 7 nitrogen and oxygen atoms in total. The molecule has 3 atom stereocenters. The maximum absolute atomic E-state index is 14.9. The Balaban J connectivity index is 1.20. The molecular formula is C28H28F3N3O4. The normalized spacial score (nSPS) is 22.7. The number of piperidine rings is 1. The van der Waals surface area contributed by atoms with Crippen molar-refractivity contribution in [1.29, 1.82) is 0 Å². The Morgan fingerprint density at radius 3 is 2.50 bits per heavy atom. The highest BCUT2D eigenvalue weighted by molar-refractivity contribution is 5.93. The molecule has 3 heterocycles. The summed E-state index contributed by atoms with van der Waals surface area (Å²) >= 11 is 0. The van der Waals surface area contributed by atoms with Gasteiger partial charge < -0.3 is 24.6 Å². The summed E-state index contributed by atoms with van der Waals surface area (Å²) in [5, 5.41) is 4.24. The fraction of sp³-hybridized carbons (Fsp3) is 0.429. The first-order chi connectivity index (χ1) is 18.4. The molecule has 0 spiro atoms. The summed E-state index contributed by atoms with van der Waals surface area (Å²) < 4.78 is 57.8. The second kappa shape index (κ2) is 9.98. The second-order valence-electron chi connectivity index (χ2n) is 10.3. The molecule has 1 amide bonds. The topological polar surface area (TPSA) is 90.8 Å². The van der Waals surface area contributed by atoms with Gasteiger partial charge in [-0.25, -0.2) is 4.39 Å². The van der Waals surface area contributed by atoms with Crippen LogP contribution in [0.15, 0.2) is 47.0 Å². The SMILES string of the molecule is NC(=O)c1ccc(N2C3CC[C@H]2CC(OCc2c(-c4ccccc4OC(F)F)noc2C2CC2)C3)c(F)c1. The van der Waals surface area contributed by atoms with E-state index in [4.69, 9.17) is 19.7 Å². The molecule has 2 aliphatic heterocycles. The maximum atomic E-state index is 14.9. The lowest BCUT2D eigenvalue weighted by molar-refractivity contribution is -0.0494. The lowest BCUT2D eigenvalue weighted by Crippen LogP contribution is -2.46. The lowest BCUT2D eigenvalue weighted by atomic mass is 9.98. The van der Waals surface area contributed by atoms with E-state index in [0.29, 0.717) is 16.9 Å². The van der Waals surface area contributed by atoms with Crippen LogP contribution in [0.5, 0.6) is 5.75 Å². The van der Waals surface area contributed by atoms with Crippen LogP contribution in [0.2, 0.25) is 0 Å². The third kappa shape index (κ3) is 4.73. The van der Waals surface area contributed by atoms with Gasteiger partial charge in [0, 0.05) is 34.7 Å². The van der Waals surface area contributed by atoms with Gasteiger partial charge in [-0.05, 0) is 68.9 Å². The summed E-state index contributed by atoms with van der Waals surface area (Å²) in [5.74, 6) is -0.0839. The molecule has 200 valence electrons. The Morgan fingerprint density at radius 1 is 1.11 bits per heavy atom. The van der Waals surface area contributed by atoms with Gasteiger partial charge in [-0.15, -0.1) is 0 Å². The molecule has 2 saturated heterocycles. The molecule has 1 aromatic heterocycles. The van der Waals surface area contributed by atoms with Crippen LogP contribution in [0, 0.1) is 5.82 Å². The van der Waals surface area contributed by atoms with Crippen LogP contribution >= 0.6 is 0 Å². The minimum Gasteiger partial charge on any atom is -0.434 e. The van der Waals surface area contributed by atoms with Crippen molar-refractivity contribution in [3.63, 3.8) is 0 Å². The summed E-state index contributed by atoms with van der Waals surface area (Å²) in [6.07, 6.45) is 5.20. The zero-order valence-electron chi connectivity index (χ0n) is 20.6. The number of amides is 1. The predicted molar refractivity (Wildman–Crippen MR) is 133 cm³/mol. The summed E-state index contributed by atoms with van der Waals surface area (Å²) in [6, 6.07) is 11.2. The summed E-state index contributed by atoms with van der Waals surface area (Å²) in [6.45, 7) is -2.72. The average molecular weight is 528 g/mol. The van der Waals surface area contributed by atoms with E-state index >= 15 is 0 Å². The maximum Gasteiger partial charge on any atom is 0.387 e. The highest BCUT2D eigenvalue weighted by Crippen LogP contribution is 2.46. The molecule has 2 N–H and O–H groups in total. The van der Waals surface area contributed by atoms with Crippen molar-refractivity contribution in [2.45, 2.75) is 75.8 Å². The van der Waals surface area contributed by atoms with Crippen molar-refractivity contribution in [1.82, 2.24) is 5.16 Å². The number of hydrogen-bond donors (Lipinski definition) is 1. The first-order valence-electron chi connectivity index (χ1n) is 12.9. The number of para-hydroxylation sites is 1. The van der Waals surface area contributed by atoms with Crippen LogP contribution < -0.4 is 15.4 Å². The Kier molecular flexibility index (Phi) is 6.51. The van der Waals surface area contributed by atoms with Crippen LogP contribution in [-0.4, -0.2) is 35.9 Å². The minimum atomic E-state index is -2.96. The fourth-order valence-electron chi connectivity index (χ4n) is 5.93. The molecule has 3 fully saturated rings. The molecule has 2 aromatic carbocycles. The van der Waals surface area contributed by atoms with E-state index in [9.17, 15) is 18.0 Å². The van der Waals surface area contributed by atoms with Gasteiger partial charge in [0.2, 0.25) is 5.91 Å². The number of benzene rings is 2. The second-order valence-corrected chi connectivity index (χ2v) is 10.3. The quantitative estimate of drug-likeness (QED) is 0.380. The molecule has 0 radical (unpaired) electrons. The zero-order chi connectivity index (χ0) is 26.4. The molecular weight excluding hydrogens is 499 g/mol. The van der Waals surface area contributed by atoms with Crippen molar-refractivity contribution < 1.29 is 32.0 Å². The van der Waals surface area contributed by atoms with E-state index in [2.05, 4.69) is 10.1 Å². The standard InChI is InChI=1S/C28H28F3N3O4/c29-22-11-16(27(32)35)7-10-23(22)34-17-8-9-18(34)13-19(12-17)36-14-21-25(33-38-26(21)15-5-6-15)20-3-1-2-4-24(20)37-28(30)31/h1-4,7,10-11,15,17-19,28H,5-6,8-9,12-14H2,(H2,32,35)/t17-,18?,19?/m0/s1. The number of anilines is 1. The van der Waals surface area contributed by atoms with Gasteiger partial charge in [-0.1, -0.05) is 17.3 Å². The molecule has 6 rings (SSSR count). The number of aromatic nitrogens is 1. The van der Waals surface area contributed by atoms with Gasteiger partial charge in [0.25, 0.3) is 0 Å². The molecule has 1 saturated carbocycles. The third-order valence-corrected chi connectivity index (χ3v) is 7.79. The number of carbonyl (C=O) groups excluding carboxylic acids is 1. The van der Waals surface area contributed by atoms with E-state index in [1.165, 1.54) is 12.1 Å². The van der Waals surface area contributed by atoms with Gasteiger partial charge in [-0.2, -0.15) is 8.78 Å². The number of rotatable bonds is 9. The van der Waals surface area contributed by atoms with Gasteiger partial charge in [0.15, 0.2) is 0 Å². The van der Waals surface area contributed by atoms with E-state index in [0.717, 1.165) is 49.8 Å². The first-order valence-corrected chi connectivity index (χ1v) is 12.9. The number of nitrogens with two attached hydrogens (primary N) is 1. The van der Waals surface area contributed by atoms with Gasteiger partial charge in [-0.3, -0.25) is 4.79 Å². The molecule has 1 aliphatic carbocycles. The van der Waals surface area contributed by atoms with Crippen molar-refractivity contribution in [2.75, 3.05) is 4.90 Å². The highest BCUT2D eigenvalue weighted by Gasteiger charge is 2.42. The van der Waals surface area contributed by atoms with Gasteiger partial charge >= 0.3 is 6.61 Å². The van der Waals surface area contributed by atoms with Crippen LogP contribution in [0.1, 0.15) is 66.1 Å². The Labute approximate surface area is 217 Å². The van der Waals surface area contributed by atoms with Crippen molar-refractivity contribution in [3.05, 3.63) is 65.2 Å². The number of halogens is 3. The number of alkyl halides is 2. The average Bonchev–Trinajstić information content (AvgIpc) is 3.59. The Morgan fingerprint density at radius 2 is 1.84 bits per heavy atom. The number of nitrogens with zero attached hydrogens (tertiary/aromatic N) is 2. The molecule has 2 bridgehead atoms. The van der Waals surface area contributed by atoms with E-state index in [1.54, 1.807) is 30.3 Å². The summed E-state index contributed by atoms with van der Waals surface area (Å²) in [4.78, 5) is 13.5. The van der Waals surface area contributed by atoms with E-state index < -0.39 is 18.3 Å². The minimum absolute atomic E-state index is 0.0372. The van der Waals surface area contributed by atoms with Crippen molar-refractivity contribution in [3.8, 4) is 17.0 Å². The first kappa shape index (κ1) is 24.8. The number of fused-ring (bicyclic) bond motifs is 2. The fourth-order valence-corrected chi connectivity index (χ4v) is 5.93. The van der Waals surface area contributed by atoms with Crippen molar-refractivity contribution in [2.24, 2.45) is 5.73 Å². The number of primary amides is 1. The van der Waals surface area contributed by atoms with E-state index in [-0.39, 0.29) is 42.0 Å². The van der Waals surface area contributed by atoms with Crippen LogP contribution in [-0.2, 0) is 11.3 Å². The van der Waals surface area contributed by atoms with Crippen molar-refractivity contribution >= 4 is 11.6 Å². The van der Waals surface area contributed by atoms with Gasteiger partial charge in [0.05, 0.1) is 18.4 Å². The molecule has 2 unspecified atom stereocenters. The number of hydrogen-bond acceptors (Lipinski definition) is 6. The number of ether oxygens (including phenoxy) is 2. The molecule has 3 aliphatic rings. The molecule has 3 aromatic rings. The zero-order valence-corrected chi connectivity index (χ0v) is 20.6. The molecule has 10 heteroatoms. The third-order valence-electron chi connectivity index (χ3n) is 7.79. The van der Waals surface area contributed by atoms with Crippen LogP contribution in [0.25, 0.3) is 11.3 Å². The molecule has 38 heavy (non-hydrogen) atoms. The Hall–Kier alpha value is -3.53. The summed E-state index contributed by atoms with van der Waals surface area (Å²) in [7, 11) is 0. The van der Waals surface area contributed by atoms with Crippen LogP contribution in [0.3, 0.4) is 0 Å². The smallest absolute Gasteiger partial charge is 0.387 e. The predicted octanol–water partition coefficient (Wildman–Crippen LogP) is 5.78.